The van der Waals surface area contributed by atoms with Gasteiger partial charge < -0.3 is 9.64 Å². The zero-order valence-corrected chi connectivity index (χ0v) is 18.2. The Morgan fingerprint density at radius 2 is 1.75 bits per heavy atom. The lowest BCUT2D eigenvalue weighted by molar-refractivity contribution is -0.136. The highest BCUT2D eigenvalue weighted by Gasteiger charge is 2.34. The lowest BCUT2D eigenvalue weighted by Crippen LogP contribution is -2.43. The normalized spacial score (nSPS) is 18.0. The van der Waals surface area contributed by atoms with E-state index in [4.69, 9.17) is 4.74 Å². The van der Waals surface area contributed by atoms with Crippen LogP contribution in [0.2, 0.25) is 0 Å². The molecule has 0 unspecified atom stereocenters. The lowest BCUT2D eigenvalue weighted by atomic mass is 10.1. The van der Waals surface area contributed by atoms with Gasteiger partial charge in [0.05, 0.1) is 11.5 Å². The molecule has 0 aliphatic carbocycles. The highest BCUT2D eigenvalue weighted by molar-refractivity contribution is 9.10. The van der Waals surface area contributed by atoms with Crippen LogP contribution in [0.4, 0.5) is 0 Å². The quantitative estimate of drug-likeness (QED) is 0.626. The third-order valence-corrected chi connectivity index (χ3v) is 7.21. The first-order valence-corrected chi connectivity index (χ1v) is 11.9. The van der Waals surface area contributed by atoms with Crippen molar-refractivity contribution in [1.29, 1.82) is 0 Å². The fourth-order valence-corrected chi connectivity index (χ4v) is 5.27. The monoisotopic (exact) mass is 465 g/mol. The Balaban J connectivity index is 1.72. The molecule has 1 aliphatic rings. The molecule has 150 valence electrons. The number of halogens is 1. The van der Waals surface area contributed by atoms with Crippen molar-refractivity contribution in [2.75, 3.05) is 18.1 Å². The van der Waals surface area contributed by atoms with Crippen LogP contribution < -0.4 is 4.74 Å². The van der Waals surface area contributed by atoms with Gasteiger partial charge in [-0.3, -0.25) is 4.79 Å². The molecule has 1 saturated heterocycles. The van der Waals surface area contributed by atoms with E-state index in [2.05, 4.69) is 22.9 Å². The number of aryl methyl sites for hydroxylation is 1. The van der Waals surface area contributed by atoms with Crippen molar-refractivity contribution >= 4 is 31.7 Å². The first kappa shape index (κ1) is 20.9. The molecule has 28 heavy (non-hydrogen) atoms. The Morgan fingerprint density at radius 1 is 1.11 bits per heavy atom. The summed E-state index contributed by atoms with van der Waals surface area (Å²) < 4.78 is 30.4. The van der Waals surface area contributed by atoms with Gasteiger partial charge >= 0.3 is 0 Å². The van der Waals surface area contributed by atoms with Gasteiger partial charge in [0.15, 0.2) is 16.4 Å². The second-order valence-electron chi connectivity index (χ2n) is 6.99. The molecule has 3 rings (SSSR count). The van der Waals surface area contributed by atoms with E-state index in [0.29, 0.717) is 18.7 Å². The van der Waals surface area contributed by atoms with Gasteiger partial charge in [-0.2, -0.15) is 0 Å². The van der Waals surface area contributed by atoms with Crippen molar-refractivity contribution in [1.82, 2.24) is 4.90 Å². The van der Waals surface area contributed by atoms with Crippen molar-refractivity contribution in [3.05, 3.63) is 64.1 Å². The van der Waals surface area contributed by atoms with Crippen LogP contribution in [0.15, 0.2) is 53.0 Å². The molecule has 0 spiro atoms. The maximum absolute atomic E-state index is 12.9. The second-order valence-corrected chi connectivity index (χ2v) is 10.1. The molecule has 0 saturated carbocycles. The van der Waals surface area contributed by atoms with Gasteiger partial charge in [-0.05, 0) is 48.2 Å². The molecule has 7 heteroatoms. The van der Waals surface area contributed by atoms with Crippen LogP contribution >= 0.6 is 15.9 Å². The van der Waals surface area contributed by atoms with E-state index in [1.807, 2.05) is 36.4 Å². The number of benzene rings is 2. The summed E-state index contributed by atoms with van der Waals surface area (Å²) in [5.41, 5.74) is 2.21. The fourth-order valence-electron chi connectivity index (χ4n) is 3.28. The third-order valence-electron chi connectivity index (χ3n) is 4.93. The number of sulfone groups is 1. The van der Waals surface area contributed by atoms with Crippen LogP contribution in [-0.2, 0) is 27.6 Å². The van der Waals surface area contributed by atoms with Gasteiger partial charge in [-0.15, -0.1) is 0 Å². The standard InChI is InChI=1S/C21H24BrNO4S/c1-2-16-3-5-17(6-4-16)13-23(19-11-12-28(25,26)15-19)21(24)14-27-20-9-7-18(22)8-10-20/h3-10,19H,2,11-15H2,1H3/t19-/m1/s1. The molecule has 1 fully saturated rings. The second kappa shape index (κ2) is 9.09. The molecule has 2 aromatic rings. The van der Waals surface area contributed by atoms with Crippen LogP contribution in [0.3, 0.4) is 0 Å². The van der Waals surface area contributed by atoms with Crippen molar-refractivity contribution < 1.29 is 17.9 Å². The highest BCUT2D eigenvalue weighted by atomic mass is 79.9. The zero-order valence-electron chi connectivity index (χ0n) is 15.8. The van der Waals surface area contributed by atoms with Crippen molar-refractivity contribution in [3.8, 4) is 5.75 Å². The summed E-state index contributed by atoms with van der Waals surface area (Å²) >= 11 is 3.36. The van der Waals surface area contributed by atoms with E-state index in [1.54, 1.807) is 17.0 Å². The molecule has 0 radical (unpaired) electrons. The number of carbonyl (C=O) groups excluding carboxylic acids is 1. The van der Waals surface area contributed by atoms with Gasteiger partial charge in [0.2, 0.25) is 0 Å². The van der Waals surface area contributed by atoms with Crippen molar-refractivity contribution in [2.24, 2.45) is 0 Å². The molecular formula is C21H24BrNO4S. The fraction of sp³-hybridized carbons (Fsp3) is 0.381. The molecular weight excluding hydrogens is 442 g/mol. The van der Waals surface area contributed by atoms with Gasteiger partial charge in [-0.25, -0.2) is 8.42 Å². The summed E-state index contributed by atoms with van der Waals surface area (Å²) in [5.74, 6) is 0.542. The number of carbonyl (C=O) groups is 1. The van der Waals surface area contributed by atoms with Gasteiger partial charge in [-0.1, -0.05) is 47.1 Å². The number of hydrogen-bond donors (Lipinski definition) is 0. The molecule has 1 amide bonds. The summed E-state index contributed by atoms with van der Waals surface area (Å²) in [4.78, 5) is 14.6. The van der Waals surface area contributed by atoms with Crippen LogP contribution in [-0.4, -0.2) is 43.4 Å². The summed E-state index contributed by atoms with van der Waals surface area (Å²) in [6, 6.07) is 15.0. The average Bonchev–Trinajstić information content (AvgIpc) is 3.05. The third kappa shape index (κ3) is 5.58. The molecule has 0 N–H and O–H groups in total. The van der Waals surface area contributed by atoms with Crippen molar-refractivity contribution in [3.63, 3.8) is 0 Å². The zero-order chi connectivity index (χ0) is 20.1. The molecule has 2 aromatic carbocycles. The summed E-state index contributed by atoms with van der Waals surface area (Å²) in [6.45, 7) is 2.35. The average molecular weight is 466 g/mol. The Hall–Kier alpha value is -1.86. The van der Waals surface area contributed by atoms with E-state index >= 15 is 0 Å². The Bertz CT molecular complexity index is 910. The van der Waals surface area contributed by atoms with E-state index in [0.717, 1.165) is 16.5 Å². The first-order chi connectivity index (χ1) is 13.4. The summed E-state index contributed by atoms with van der Waals surface area (Å²) in [7, 11) is -3.09. The molecule has 1 aliphatic heterocycles. The Labute approximate surface area is 174 Å². The number of amides is 1. The Kier molecular flexibility index (Phi) is 6.78. The van der Waals surface area contributed by atoms with E-state index in [-0.39, 0.29) is 30.1 Å². The minimum absolute atomic E-state index is 0.0179. The highest BCUT2D eigenvalue weighted by Crippen LogP contribution is 2.22. The largest absolute Gasteiger partial charge is 0.484 e. The number of ether oxygens (including phenoxy) is 1. The van der Waals surface area contributed by atoms with Crippen LogP contribution in [0, 0.1) is 0 Å². The number of hydrogen-bond acceptors (Lipinski definition) is 4. The SMILES string of the molecule is CCc1ccc(CN(C(=O)COc2ccc(Br)cc2)[C@@H]2CCS(=O)(=O)C2)cc1. The predicted molar refractivity (Wildman–Crippen MR) is 113 cm³/mol. The van der Waals surface area contributed by atoms with Crippen molar-refractivity contribution in [2.45, 2.75) is 32.4 Å². The maximum Gasteiger partial charge on any atom is 0.261 e. The predicted octanol–water partition coefficient (Wildman–Crippen LogP) is 3.61. The summed E-state index contributed by atoms with van der Waals surface area (Å²) in [6.07, 6.45) is 1.42. The van der Waals surface area contributed by atoms with E-state index in [1.165, 1.54) is 5.56 Å². The molecule has 1 atom stereocenters. The van der Waals surface area contributed by atoms with E-state index in [9.17, 15) is 13.2 Å². The van der Waals surface area contributed by atoms with Crippen LogP contribution in [0.25, 0.3) is 0 Å². The van der Waals surface area contributed by atoms with Crippen LogP contribution in [0.5, 0.6) is 5.75 Å². The molecule has 1 heterocycles. The smallest absolute Gasteiger partial charge is 0.261 e. The van der Waals surface area contributed by atoms with Crippen LogP contribution in [0.1, 0.15) is 24.5 Å². The van der Waals surface area contributed by atoms with Gasteiger partial charge in [0.1, 0.15) is 5.75 Å². The maximum atomic E-state index is 12.9. The number of rotatable bonds is 7. The van der Waals surface area contributed by atoms with Gasteiger partial charge in [0, 0.05) is 17.1 Å². The Morgan fingerprint density at radius 3 is 2.32 bits per heavy atom. The topological polar surface area (TPSA) is 63.7 Å². The van der Waals surface area contributed by atoms with E-state index < -0.39 is 9.84 Å². The molecule has 0 bridgehead atoms. The molecule has 0 aromatic heterocycles. The number of nitrogens with zero attached hydrogens (tertiary/aromatic N) is 1. The molecule has 5 nitrogen and oxygen atoms in total. The lowest BCUT2D eigenvalue weighted by Gasteiger charge is -2.28. The summed E-state index contributed by atoms with van der Waals surface area (Å²) in [5, 5.41) is 0. The van der Waals surface area contributed by atoms with Gasteiger partial charge in [0.25, 0.3) is 5.91 Å². The minimum Gasteiger partial charge on any atom is -0.484 e. The minimum atomic E-state index is -3.09. The first-order valence-electron chi connectivity index (χ1n) is 9.32.